The van der Waals surface area contributed by atoms with Gasteiger partial charge in [0.15, 0.2) is 0 Å². The zero-order valence-corrected chi connectivity index (χ0v) is 12.3. The summed E-state index contributed by atoms with van der Waals surface area (Å²) >= 11 is 0. The van der Waals surface area contributed by atoms with Crippen LogP contribution in [0, 0.1) is 0 Å². The van der Waals surface area contributed by atoms with Crippen LogP contribution in [0.5, 0.6) is 0 Å². The molecular weight excluding hydrogens is 278 g/mol. The number of carboxylic acid groups (broad SMARTS) is 1. The molecule has 2 rings (SSSR count). The van der Waals surface area contributed by atoms with Crippen LogP contribution in [0.3, 0.4) is 0 Å². The van der Waals surface area contributed by atoms with E-state index in [1.807, 2.05) is 18.2 Å². The Kier molecular flexibility index (Phi) is 5.72. The average Bonchev–Trinajstić information content (AvgIpc) is 2.50. The number of aryl methyl sites for hydroxylation is 1. The average molecular weight is 297 g/mol. The Labute approximate surface area is 129 Å². The van der Waals surface area contributed by atoms with Gasteiger partial charge in [0.05, 0.1) is 6.42 Å². The molecule has 0 atom stereocenters. The maximum Gasteiger partial charge on any atom is 0.307 e. The first-order valence-electron chi connectivity index (χ1n) is 7.28. The minimum absolute atomic E-state index is 0.00863. The third-order valence-corrected chi connectivity index (χ3v) is 3.31. The van der Waals surface area contributed by atoms with Gasteiger partial charge in [-0.2, -0.15) is 0 Å². The van der Waals surface area contributed by atoms with E-state index in [0.717, 1.165) is 18.4 Å². The second-order valence-corrected chi connectivity index (χ2v) is 5.15. The van der Waals surface area contributed by atoms with Crippen LogP contribution >= 0.6 is 0 Å². The lowest BCUT2D eigenvalue weighted by molar-refractivity contribution is -0.136. The molecule has 0 saturated carbocycles. The van der Waals surface area contributed by atoms with Gasteiger partial charge in [-0.3, -0.25) is 9.59 Å². The van der Waals surface area contributed by atoms with E-state index in [1.165, 1.54) is 5.56 Å². The Morgan fingerprint density at radius 1 is 0.909 bits per heavy atom. The predicted molar refractivity (Wildman–Crippen MR) is 85.8 cm³/mol. The highest BCUT2D eigenvalue weighted by Crippen LogP contribution is 2.11. The first-order valence-corrected chi connectivity index (χ1v) is 7.28. The number of hydrogen-bond donors (Lipinski definition) is 2. The van der Waals surface area contributed by atoms with E-state index < -0.39 is 5.97 Å². The molecule has 0 radical (unpaired) electrons. The smallest absolute Gasteiger partial charge is 0.307 e. The van der Waals surface area contributed by atoms with Gasteiger partial charge in [-0.1, -0.05) is 42.5 Å². The first kappa shape index (κ1) is 15.8. The van der Waals surface area contributed by atoms with E-state index in [1.54, 1.807) is 24.3 Å². The monoisotopic (exact) mass is 297 g/mol. The first-order chi connectivity index (χ1) is 10.6. The molecule has 0 fully saturated rings. The summed E-state index contributed by atoms with van der Waals surface area (Å²) < 4.78 is 0. The molecule has 4 nitrogen and oxygen atoms in total. The molecule has 2 aromatic carbocycles. The number of rotatable bonds is 7. The largest absolute Gasteiger partial charge is 0.481 e. The fourth-order valence-corrected chi connectivity index (χ4v) is 2.20. The van der Waals surface area contributed by atoms with Crippen LogP contribution in [-0.4, -0.2) is 17.0 Å². The SMILES string of the molecule is O=C(O)Cc1ccc(NC(=O)CCCc2ccccc2)cc1. The second kappa shape index (κ2) is 7.98. The van der Waals surface area contributed by atoms with Crippen molar-refractivity contribution < 1.29 is 14.7 Å². The van der Waals surface area contributed by atoms with Crippen LogP contribution < -0.4 is 5.32 Å². The van der Waals surface area contributed by atoms with Gasteiger partial charge in [0.25, 0.3) is 0 Å². The van der Waals surface area contributed by atoms with E-state index >= 15 is 0 Å². The van der Waals surface area contributed by atoms with Crippen LogP contribution in [-0.2, 0) is 22.4 Å². The zero-order chi connectivity index (χ0) is 15.8. The molecule has 0 aliphatic rings. The third-order valence-electron chi connectivity index (χ3n) is 3.31. The molecule has 1 amide bonds. The lowest BCUT2D eigenvalue weighted by Crippen LogP contribution is -2.11. The van der Waals surface area contributed by atoms with Crippen molar-refractivity contribution >= 4 is 17.6 Å². The van der Waals surface area contributed by atoms with Gasteiger partial charge < -0.3 is 10.4 Å². The van der Waals surface area contributed by atoms with Gasteiger partial charge in [0, 0.05) is 12.1 Å². The topological polar surface area (TPSA) is 66.4 Å². The van der Waals surface area contributed by atoms with Crippen LogP contribution in [0.1, 0.15) is 24.0 Å². The number of carboxylic acids is 1. The molecule has 0 aromatic heterocycles. The van der Waals surface area contributed by atoms with E-state index in [-0.39, 0.29) is 12.3 Å². The van der Waals surface area contributed by atoms with Crippen LogP contribution in [0.2, 0.25) is 0 Å². The normalized spacial score (nSPS) is 10.2. The Bertz CT molecular complexity index is 621. The Morgan fingerprint density at radius 3 is 2.23 bits per heavy atom. The van der Waals surface area contributed by atoms with Crippen molar-refractivity contribution in [1.82, 2.24) is 0 Å². The molecule has 114 valence electrons. The van der Waals surface area contributed by atoms with Gasteiger partial charge in [0.1, 0.15) is 0 Å². The fraction of sp³-hybridized carbons (Fsp3) is 0.222. The highest BCUT2D eigenvalue weighted by molar-refractivity contribution is 5.90. The number of carbonyl (C=O) groups is 2. The Morgan fingerprint density at radius 2 is 1.59 bits per heavy atom. The lowest BCUT2D eigenvalue weighted by Gasteiger charge is -2.06. The maximum absolute atomic E-state index is 11.9. The Hall–Kier alpha value is -2.62. The molecule has 4 heteroatoms. The number of hydrogen-bond acceptors (Lipinski definition) is 2. The fourth-order valence-electron chi connectivity index (χ4n) is 2.20. The van der Waals surface area contributed by atoms with Gasteiger partial charge in [-0.25, -0.2) is 0 Å². The number of benzene rings is 2. The predicted octanol–water partition coefficient (Wildman–Crippen LogP) is 3.28. The van der Waals surface area contributed by atoms with E-state index in [9.17, 15) is 9.59 Å². The highest BCUT2D eigenvalue weighted by Gasteiger charge is 2.04. The number of carbonyl (C=O) groups excluding carboxylic acids is 1. The molecule has 22 heavy (non-hydrogen) atoms. The van der Waals surface area contributed by atoms with Crippen molar-refractivity contribution in [3.8, 4) is 0 Å². The summed E-state index contributed by atoms with van der Waals surface area (Å²) in [6.07, 6.45) is 2.13. The molecule has 0 unspecified atom stereocenters. The summed E-state index contributed by atoms with van der Waals surface area (Å²) in [5.74, 6) is -0.889. The molecule has 0 saturated heterocycles. The summed E-state index contributed by atoms with van der Waals surface area (Å²) in [4.78, 5) is 22.5. The number of amides is 1. The minimum atomic E-state index is -0.863. The van der Waals surface area contributed by atoms with Crippen LogP contribution in [0.25, 0.3) is 0 Å². The highest BCUT2D eigenvalue weighted by atomic mass is 16.4. The van der Waals surface area contributed by atoms with Gasteiger partial charge in [-0.05, 0) is 36.1 Å². The minimum Gasteiger partial charge on any atom is -0.481 e. The summed E-state index contributed by atoms with van der Waals surface area (Å²) in [5.41, 5.74) is 2.64. The number of aliphatic carboxylic acids is 1. The molecule has 0 bridgehead atoms. The maximum atomic E-state index is 11.9. The zero-order valence-electron chi connectivity index (χ0n) is 12.3. The van der Waals surface area contributed by atoms with Crippen molar-refractivity contribution in [3.05, 3.63) is 65.7 Å². The van der Waals surface area contributed by atoms with Crippen LogP contribution in [0.15, 0.2) is 54.6 Å². The van der Waals surface area contributed by atoms with E-state index in [4.69, 9.17) is 5.11 Å². The molecule has 0 spiro atoms. The lowest BCUT2D eigenvalue weighted by atomic mass is 10.1. The number of nitrogens with one attached hydrogen (secondary N) is 1. The van der Waals surface area contributed by atoms with Crippen molar-refractivity contribution in [3.63, 3.8) is 0 Å². The van der Waals surface area contributed by atoms with E-state index in [0.29, 0.717) is 12.1 Å². The van der Waals surface area contributed by atoms with E-state index in [2.05, 4.69) is 17.4 Å². The quantitative estimate of drug-likeness (QED) is 0.824. The molecule has 0 heterocycles. The summed E-state index contributed by atoms with van der Waals surface area (Å²) in [6, 6.07) is 17.0. The van der Waals surface area contributed by atoms with Gasteiger partial charge in [0.2, 0.25) is 5.91 Å². The molecule has 0 aliphatic carbocycles. The van der Waals surface area contributed by atoms with Crippen molar-refractivity contribution in [2.75, 3.05) is 5.32 Å². The van der Waals surface area contributed by atoms with Crippen molar-refractivity contribution in [2.45, 2.75) is 25.7 Å². The standard InChI is InChI=1S/C18H19NO3/c20-17(8-4-7-14-5-2-1-3-6-14)19-16-11-9-15(10-12-16)13-18(21)22/h1-3,5-6,9-12H,4,7-8,13H2,(H,19,20)(H,21,22). The molecular formula is C18H19NO3. The Balaban J connectivity index is 1.75. The van der Waals surface area contributed by atoms with Gasteiger partial charge >= 0.3 is 5.97 Å². The molecule has 2 N–H and O–H groups in total. The summed E-state index contributed by atoms with van der Waals surface area (Å²) in [5, 5.41) is 11.5. The second-order valence-electron chi connectivity index (χ2n) is 5.15. The number of anilines is 1. The molecule has 0 aliphatic heterocycles. The summed E-state index contributed by atoms with van der Waals surface area (Å²) in [6.45, 7) is 0. The third kappa shape index (κ3) is 5.40. The van der Waals surface area contributed by atoms with Crippen LogP contribution in [0.4, 0.5) is 5.69 Å². The van der Waals surface area contributed by atoms with Gasteiger partial charge in [-0.15, -0.1) is 0 Å². The van der Waals surface area contributed by atoms with Crippen molar-refractivity contribution in [2.24, 2.45) is 0 Å². The van der Waals surface area contributed by atoms with Crippen molar-refractivity contribution in [1.29, 1.82) is 0 Å². The molecule has 2 aromatic rings. The summed E-state index contributed by atoms with van der Waals surface area (Å²) in [7, 11) is 0.